The zero-order valence-corrected chi connectivity index (χ0v) is 14.2. The minimum Gasteiger partial charge on any atom is -0.457 e. The summed E-state index contributed by atoms with van der Waals surface area (Å²) >= 11 is 6.03. The van der Waals surface area contributed by atoms with Crippen LogP contribution in [-0.2, 0) is 4.79 Å². The van der Waals surface area contributed by atoms with Gasteiger partial charge < -0.3 is 4.42 Å². The molecule has 6 heteroatoms. The number of carbonyl (C=O) groups is 1. The van der Waals surface area contributed by atoms with E-state index >= 15 is 0 Å². The first-order valence-electron chi connectivity index (χ1n) is 6.08. The number of benzene rings is 1. The summed E-state index contributed by atoms with van der Waals surface area (Å²) in [5, 5.41) is -0.0408. The molecule has 1 aliphatic rings. The van der Waals surface area contributed by atoms with Gasteiger partial charge in [0.15, 0.2) is 0 Å². The monoisotopic (exact) mass is 379 g/mol. The van der Waals surface area contributed by atoms with Gasteiger partial charge in [0.25, 0.3) is 0 Å². The second-order valence-corrected chi connectivity index (χ2v) is 7.14. The van der Waals surface area contributed by atoms with Gasteiger partial charge in [0, 0.05) is 16.1 Å². The van der Waals surface area contributed by atoms with Crippen LogP contribution in [0.1, 0.15) is 5.76 Å². The lowest BCUT2D eigenvalue weighted by molar-refractivity contribution is -0.107. The molecule has 2 aromatic rings. The third kappa shape index (κ3) is 3.33. The van der Waals surface area contributed by atoms with Gasteiger partial charge in [0.05, 0.1) is 0 Å². The Hall–Kier alpha value is -1.24. The van der Waals surface area contributed by atoms with E-state index in [4.69, 9.17) is 4.42 Å². The number of nitrogens with zero attached hydrogens (tertiary/aromatic N) is 1. The Labute approximate surface area is 139 Å². The third-order valence-electron chi connectivity index (χ3n) is 2.81. The summed E-state index contributed by atoms with van der Waals surface area (Å²) in [4.78, 5) is 16.0. The minimum absolute atomic E-state index is 0.0408. The molecule has 0 spiro atoms. The first-order valence-corrected chi connectivity index (χ1v) is 8.91. The molecule has 1 aliphatic heterocycles. The van der Waals surface area contributed by atoms with Crippen LogP contribution in [0.2, 0.25) is 0 Å². The Bertz CT molecular complexity index is 747. The molecular formula is C15H10BrNO2S2. The summed E-state index contributed by atoms with van der Waals surface area (Å²) in [5.41, 5.74) is 1.42. The van der Waals surface area contributed by atoms with Gasteiger partial charge in [-0.2, -0.15) is 0 Å². The highest BCUT2D eigenvalue weighted by molar-refractivity contribution is 9.10. The number of carbonyl (C=O) groups excluding carboxylic acids is 1. The van der Waals surface area contributed by atoms with Gasteiger partial charge in [-0.3, -0.25) is 4.79 Å². The van der Waals surface area contributed by atoms with Crippen molar-refractivity contribution in [1.29, 1.82) is 0 Å². The summed E-state index contributed by atoms with van der Waals surface area (Å²) < 4.78 is 7.55. The molecule has 0 N–H and O–H groups in total. The fraction of sp³-hybridized carbons (Fsp3) is 0.0667. The van der Waals surface area contributed by atoms with Crippen molar-refractivity contribution in [2.45, 2.75) is 0 Å². The number of furan rings is 1. The molecule has 0 saturated carbocycles. The lowest BCUT2D eigenvalue weighted by Gasteiger charge is -1.96. The fourth-order valence-corrected chi connectivity index (χ4v) is 3.34. The molecule has 3 rings (SSSR count). The molecular weight excluding hydrogens is 370 g/mol. The van der Waals surface area contributed by atoms with E-state index in [-0.39, 0.29) is 5.12 Å². The van der Waals surface area contributed by atoms with E-state index in [0.29, 0.717) is 11.5 Å². The van der Waals surface area contributed by atoms with Gasteiger partial charge in [-0.05, 0) is 42.3 Å². The highest BCUT2D eigenvalue weighted by Crippen LogP contribution is 2.31. The molecule has 106 valence electrons. The Morgan fingerprint density at radius 1 is 1.24 bits per heavy atom. The molecule has 0 bridgehead atoms. The molecule has 3 nitrogen and oxygen atoms in total. The first-order chi connectivity index (χ1) is 10.2. The molecule has 0 saturated heterocycles. The zero-order chi connectivity index (χ0) is 14.8. The van der Waals surface area contributed by atoms with Gasteiger partial charge in [0.1, 0.15) is 21.6 Å². The number of hydrogen-bond acceptors (Lipinski definition) is 5. The summed E-state index contributed by atoms with van der Waals surface area (Å²) in [6.45, 7) is 0. The average molecular weight is 380 g/mol. The van der Waals surface area contributed by atoms with Crippen molar-refractivity contribution in [3.8, 4) is 11.3 Å². The SMILES string of the molecule is CSC1=NC(=Cc2ccc(-c3ccc(Br)cc3)o2)C(=O)S1. The number of thioether (sulfide) groups is 2. The van der Waals surface area contributed by atoms with Crippen LogP contribution in [0.3, 0.4) is 0 Å². The molecule has 2 heterocycles. The lowest BCUT2D eigenvalue weighted by Crippen LogP contribution is -1.86. The molecule has 0 unspecified atom stereocenters. The van der Waals surface area contributed by atoms with E-state index in [1.165, 1.54) is 11.8 Å². The van der Waals surface area contributed by atoms with Gasteiger partial charge in [-0.1, -0.05) is 28.1 Å². The molecule has 0 fully saturated rings. The van der Waals surface area contributed by atoms with Crippen molar-refractivity contribution in [3.05, 3.63) is 52.3 Å². The highest BCUT2D eigenvalue weighted by Gasteiger charge is 2.21. The van der Waals surface area contributed by atoms with Crippen LogP contribution in [0, 0.1) is 0 Å². The number of aliphatic imine (C=N–C) groups is 1. The normalized spacial score (nSPS) is 16.6. The smallest absolute Gasteiger partial charge is 0.244 e. The molecule has 0 amide bonds. The van der Waals surface area contributed by atoms with Gasteiger partial charge in [0.2, 0.25) is 5.12 Å². The predicted octanol–water partition coefficient (Wildman–Crippen LogP) is 5.04. The van der Waals surface area contributed by atoms with Crippen molar-refractivity contribution in [2.24, 2.45) is 4.99 Å². The predicted molar refractivity (Wildman–Crippen MR) is 93.4 cm³/mol. The standard InChI is InChI=1S/C15H10BrNO2S2/c1-20-15-17-12(14(18)21-15)8-11-6-7-13(19-11)9-2-4-10(16)5-3-9/h2-8H,1H3. The molecule has 0 radical (unpaired) electrons. The van der Waals surface area contributed by atoms with Gasteiger partial charge in [-0.15, -0.1) is 11.8 Å². The molecule has 0 aliphatic carbocycles. The van der Waals surface area contributed by atoms with Crippen LogP contribution in [0.25, 0.3) is 17.4 Å². The highest BCUT2D eigenvalue weighted by atomic mass is 79.9. The second kappa shape index (κ2) is 6.25. The van der Waals surface area contributed by atoms with E-state index in [1.807, 2.05) is 42.7 Å². The molecule has 1 aromatic carbocycles. The zero-order valence-electron chi connectivity index (χ0n) is 11.0. The van der Waals surface area contributed by atoms with Crippen LogP contribution in [0.15, 0.2) is 56.0 Å². The molecule has 1 aromatic heterocycles. The van der Waals surface area contributed by atoms with E-state index in [0.717, 1.165) is 31.9 Å². The van der Waals surface area contributed by atoms with Crippen molar-refractivity contribution in [3.63, 3.8) is 0 Å². The van der Waals surface area contributed by atoms with E-state index in [2.05, 4.69) is 20.9 Å². The first kappa shape index (κ1) is 14.7. The second-order valence-electron chi connectivity index (χ2n) is 4.21. The van der Waals surface area contributed by atoms with Crippen molar-refractivity contribution in [2.75, 3.05) is 6.26 Å². The van der Waals surface area contributed by atoms with Crippen LogP contribution in [0.4, 0.5) is 0 Å². The van der Waals surface area contributed by atoms with E-state index < -0.39 is 0 Å². The average Bonchev–Trinajstić information content (AvgIpc) is 3.08. The topological polar surface area (TPSA) is 42.6 Å². The third-order valence-corrected chi connectivity index (χ3v) is 5.19. The Kier molecular flexibility index (Phi) is 4.37. The van der Waals surface area contributed by atoms with Crippen LogP contribution in [-0.4, -0.2) is 15.7 Å². The van der Waals surface area contributed by atoms with Crippen molar-refractivity contribution >= 4 is 55.0 Å². The number of halogens is 1. The number of hydrogen-bond donors (Lipinski definition) is 0. The lowest BCUT2D eigenvalue weighted by atomic mass is 10.2. The van der Waals surface area contributed by atoms with Crippen LogP contribution < -0.4 is 0 Å². The van der Waals surface area contributed by atoms with Crippen LogP contribution in [0.5, 0.6) is 0 Å². The quantitative estimate of drug-likeness (QED) is 0.685. The summed E-state index contributed by atoms with van der Waals surface area (Å²) in [6, 6.07) is 11.6. The maximum absolute atomic E-state index is 11.8. The minimum atomic E-state index is -0.0408. The maximum atomic E-state index is 11.8. The Morgan fingerprint density at radius 3 is 2.67 bits per heavy atom. The summed E-state index contributed by atoms with van der Waals surface area (Å²) in [6.07, 6.45) is 3.58. The Morgan fingerprint density at radius 2 is 2.00 bits per heavy atom. The van der Waals surface area contributed by atoms with Crippen molar-refractivity contribution in [1.82, 2.24) is 0 Å². The van der Waals surface area contributed by atoms with Crippen molar-refractivity contribution < 1.29 is 9.21 Å². The summed E-state index contributed by atoms with van der Waals surface area (Å²) in [7, 11) is 0. The number of rotatable bonds is 2. The molecule has 21 heavy (non-hydrogen) atoms. The Balaban J connectivity index is 1.87. The van der Waals surface area contributed by atoms with Gasteiger partial charge >= 0.3 is 0 Å². The van der Waals surface area contributed by atoms with Gasteiger partial charge in [-0.25, -0.2) is 4.99 Å². The maximum Gasteiger partial charge on any atom is 0.244 e. The largest absolute Gasteiger partial charge is 0.457 e. The van der Waals surface area contributed by atoms with E-state index in [1.54, 1.807) is 6.08 Å². The molecule has 0 atom stereocenters. The fourth-order valence-electron chi connectivity index (χ4n) is 1.81. The van der Waals surface area contributed by atoms with E-state index in [9.17, 15) is 4.79 Å². The summed E-state index contributed by atoms with van der Waals surface area (Å²) in [5.74, 6) is 1.39. The van der Waals surface area contributed by atoms with Crippen LogP contribution >= 0.6 is 39.5 Å².